The Labute approximate surface area is 128 Å². The number of hydrogen-bond donors (Lipinski definition) is 1. The third kappa shape index (κ3) is 2.77. The maximum atomic E-state index is 12.3. The summed E-state index contributed by atoms with van der Waals surface area (Å²) in [4.78, 5) is 41.5. The Morgan fingerprint density at radius 2 is 1.91 bits per heavy atom. The quantitative estimate of drug-likeness (QED) is 0.672. The normalized spacial score (nSPS) is 23.5. The molecule has 22 heavy (non-hydrogen) atoms. The summed E-state index contributed by atoms with van der Waals surface area (Å²) in [6.45, 7) is 0.136. The van der Waals surface area contributed by atoms with Crippen molar-refractivity contribution in [2.45, 2.75) is 19.3 Å². The second-order valence-electron chi connectivity index (χ2n) is 5.52. The Morgan fingerprint density at radius 1 is 1.23 bits per heavy atom. The van der Waals surface area contributed by atoms with Gasteiger partial charge in [-0.2, -0.15) is 0 Å². The van der Waals surface area contributed by atoms with Gasteiger partial charge in [-0.25, -0.2) is 0 Å². The SMILES string of the molecule is O=C(CCN1C(=O)[C@H]2CC=CC[C@H]2C1=O)Nc1cccnc1. The Kier molecular flexibility index (Phi) is 4.00. The molecule has 1 saturated heterocycles. The summed E-state index contributed by atoms with van der Waals surface area (Å²) in [5.74, 6) is -0.999. The van der Waals surface area contributed by atoms with Gasteiger partial charge < -0.3 is 5.32 Å². The largest absolute Gasteiger partial charge is 0.325 e. The van der Waals surface area contributed by atoms with E-state index in [0.29, 0.717) is 18.5 Å². The predicted molar refractivity (Wildman–Crippen MR) is 79.6 cm³/mol. The number of carbonyl (C=O) groups is 3. The number of fused-ring (bicyclic) bond motifs is 1. The van der Waals surface area contributed by atoms with E-state index in [1.165, 1.54) is 4.90 Å². The zero-order chi connectivity index (χ0) is 15.5. The van der Waals surface area contributed by atoms with Gasteiger partial charge in [0.1, 0.15) is 0 Å². The van der Waals surface area contributed by atoms with Crippen LogP contribution in [-0.2, 0) is 14.4 Å². The van der Waals surface area contributed by atoms with E-state index in [1.807, 2.05) is 12.2 Å². The zero-order valence-electron chi connectivity index (χ0n) is 12.1. The Hall–Kier alpha value is -2.50. The molecule has 0 aromatic carbocycles. The molecule has 1 aromatic rings. The van der Waals surface area contributed by atoms with Gasteiger partial charge in [0, 0.05) is 19.2 Å². The van der Waals surface area contributed by atoms with Crippen LogP contribution in [0.5, 0.6) is 0 Å². The lowest BCUT2D eigenvalue weighted by Crippen LogP contribution is -2.34. The monoisotopic (exact) mass is 299 g/mol. The molecule has 6 heteroatoms. The van der Waals surface area contributed by atoms with Crippen molar-refractivity contribution in [3.63, 3.8) is 0 Å². The average Bonchev–Trinajstić information content (AvgIpc) is 2.78. The second kappa shape index (κ2) is 6.09. The van der Waals surface area contributed by atoms with Crippen molar-refractivity contribution in [2.24, 2.45) is 11.8 Å². The van der Waals surface area contributed by atoms with Gasteiger partial charge in [0.15, 0.2) is 0 Å². The molecule has 0 radical (unpaired) electrons. The number of aromatic nitrogens is 1. The van der Waals surface area contributed by atoms with Gasteiger partial charge in [-0.05, 0) is 25.0 Å². The number of anilines is 1. The maximum Gasteiger partial charge on any atom is 0.233 e. The third-order valence-corrected chi connectivity index (χ3v) is 4.11. The fraction of sp³-hybridized carbons (Fsp3) is 0.375. The maximum absolute atomic E-state index is 12.3. The van der Waals surface area contributed by atoms with Crippen LogP contribution in [-0.4, -0.2) is 34.2 Å². The van der Waals surface area contributed by atoms with Gasteiger partial charge in [-0.3, -0.25) is 24.3 Å². The highest BCUT2D eigenvalue weighted by molar-refractivity contribution is 6.05. The van der Waals surface area contributed by atoms with Crippen LogP contribution in [0.4, 0.5) is 5.69 Å². The summed E-state index contributed by atoms with van der Waals surface area (Å²) >= 11 is 0. The number of carbonyl (C=O) groups excluding carboxylic acids is 3. The lowest BCUT2D eigenvalue weighted by Gasteiger charge is -2.14. The van der Waals surface area contributed by atoms with Crippen LogP contribution >= 0.6 is 0 Å². The fourth-order valence-electron chi connectivity index (χ4n) is 2.96. The molecule has 0 bridgehead atoms. The lowest BCUT2D eigenvalue weighted by molar-refractivity contribution is -0.140. The number of hydrogen-bond acceptors (Lipinski definition) is 4. The second-order valence-corrected chi connectivity index (χ2v) is 5.52. The molecule has 1 aromatic heterocycles. The van der Waals surface area contributed by atoms with Gasteiger partial charge in [-0.1, -0.05) is 12.2 Å². The van der Waals surface area contributed by atoms with E-state index in [4.69, 9.17) is 0 Å². The summed E-state index contributed by atoms with van der Waals surface area (Å²) in [5, 5.41) is 2.70. The van der Waals surface area contributed by atoms with Crippen molar-refractivity contribution in [3.8, 4) is 0 Å². The van der Waals surface area contributed by atoms with Crippen molar-refractivity contribution >= 4 is 23.4 Å². The van der Waals surface area contributed by atoms with E-state index < -0.39 is 0 Å². The highest BCUT2D eigenvalue weighted by atomic mass is 16.2. The molecule has 114 valence electrons. The topological polar surface area (TPSA) is 79.4 Å². The molecule has 3 rings (SSSR count). The van der Waals surface area contributed by atoms with Gasteiger partial charge in [0.25, 0.3) is 0 Å². The van der Waals surface area contributed by atoms with Crippen LogP contribution < -0.4 is 5.32 Å². The van der Waals surface area contributed by atoms with Crippen LogP contribution in [0.25, 0.3) is 0 Å². The van der Waals surface area contributed by atoms with Crippen molar-refractivity contribution in [3.05, 3.63) is 36.7 Å². The molecule has 2 heterocycles. The standard InChI is InChI=1S/C16H17N3O3/c20-14(18-11-4-3-8-17-10-11)7-9-19-15(21)12-5-1-2-6-13(12)16(19)22/h1-4,8,10,12-13H,5-7,9H2,(H,18,20)/t12-,13+. The summed E-state index contributed by atoms with van der Waals surface area (Å²) in [5.41, 5.74) is 0.601. The number of nitrogens with one attached hydrogen (secondary N) is 1. The molecule has 0 saturated carbocycles. The summed E-state index contributed by atoms with van der Waals surface area (Å²) < 4.78 is 0. The Morgan fingerprint density at radius 3 is 2.50 bits per heavy atom. The molecular weight excluding hydrogens is 282 g/mol. The molecule has 2 atom stereocenters. The number of pyridine rings is 1. The summed E-state index contributed by atoms with van der Waals surface area (Å²) in [6, 6.07) is 3.46. The predicted octanol–water partition coefficient (Wildman–Crippen LogP) is 1.36. The molecule has 3 amide bonds. The minimum atomic E-state index is -0.237. The van der Waals surface area contributed by atoms with E-state index in [1.54, 1.807) is 24.5 Å². The van der Waals surface area contributed by atoms with E-state index in [0.717, 1.165) is 0 Å². The van der Waals surface area contributed by atoms with Gasteiger partial charge in [-0.15, -0.1) is 0 Å². The van der Waals surface area contributed by atoms with Crippen molar-refractivity contribution in [1.82, 2.24) is 9.88 Å². The van der Waals surface area contributed by atoms with E-state index >= 15 is 0 Å². The van der Waals surface area contributed by atoms with Crippen LogP contribution in [0, 0.1) is 11.8 Å². The molecule has 6 nitrogen and oxygen atoms in total. The number of rotatable bonds is 4. The first kappa shape index (κ1) is 14.4. The van der Waals surface area contributed by atoms with Crippen molar-refractivity contribution in [1.29, 1.82) is 0 Å². The Balaban J connectivity index is 1.56. The van der Waals surface area contributed by atoms with Crippen LogP contribution in [0.1, 0.15) is 19.3 Å². The van der Waals surface area contributed by atoms with Gasteiger partial charge in [0.2, 0.25) is 17.7 Å². The smallest absolute Gasteiger partial charge is 0.233 e. The van der Waals surface area contributed by atoms with Crippen LogP contribution in [0.15, 0.2) is 36.7 Å². The Bertz CT molecular complexity index is 601. The first-order valence-corrected chi connectivity index (χ1v) is 7.37. The van der Waals surface area contributed by atoms with Crippen molar-refractivity contribution < 1.29 is 14.4 Å². The lowest BCUT2D eigenvalue weighted by atomic mass is 9.85. The van der Waals surface area contributed by atoms with Gasteiger partial charge in [0.05, 0.1) is 23.7 Å². The molecule has 1 fully saturated rings. The number of amides is 3. The zero-order valence-corrected chi connectivity index (χ0v) is 12.1. The minimum absolute atomic E-state index is 0.0965. The third-order valence-electron chi connectivity index (χ3n) is 4.11. The first-order valence-electron chi connectivity index (χ1n) is 7.37. The number of allylic oxidation sites excluding steroid dienone is 2. The van der Waals surface area contributed by atoms with Crippen molar-refractivity contribution in [2.75, 3.05) is 11.9 Å². The van der Waals surface area contributed by atoms with Crippen LogP contribution in [0.3, 0.4) is 0 Å². The first-order chi connectivity index (χ1) is 10.7. The molecule has 2 aliphatic rings. The van der Waals surface area contributed by atoms with Crippen LogP contribution in [0.2, 0.25) is 0 Å². The molecule has 0 unspecified atom stereocenters. The molecule has 1 aliphatic heterocycles. The highest BCUT2D eigenvalue weighted by Crippen LogP contribution is 2.34. The number of nitrogens with zero attached hydrogens (tertiary/aromatic N) is 2. The van der Waals surface area contributed by atoms with E-state index in [-0.39, 0.29) is 42.5 Å². The summed E-state index contributed by atoms with van der Waals surface area (Å²) in [7, 11) is 0. The highest BCUT2D eigenvalue weighted by Gasteiger charge is 2.46. The van der Waals surface area contributed by atoms with Gasteiger partial charge >= 0.3 is 0 Å². The molecule has 1 N–H and O–H groups in total. The number of imide groups is 1. The summed E-state index contributed by atoms with van der Waals surface area (Å²) in [6.07, 6.45) is 8.40. The van der Waals surface area contributed by atoms with E-state index in [2.05, 4.69) is 10.3 Å². The van der Waals surface area contributed by atoms with E-state index in [9.17, 15) is 14.4 Å². The number of likely N-dealkylation sites (tertiary alicyclic amines) is 1. The average molecular weight is 299 g/mol. The molecule has 0 spiro atoms. The molecular formula is C16H17N3O3. The molecule has 1 aliphatic carbocycles. The minimum Gasteiger partial charge on any atom is -0.325 e. The fourth-order valence-corrected chi connectivity index (χ4v) is 2.96.